The van der Waals surface area contributed by atoms with Crippen LogP contribution in [0.2, 0.25) is 0 Å². The highest BCUT2D eigenvalue weighted by Gasteiger charge is 2.13. The highest BCUT2D eigenvalue weighted by Crippen LogP contribution is 2.27. The maximum atomic E-state index is 5.05. The minimum absolute atomic E-state index is 0.740. The van der Waals surface area contributed by atoms with Crippen molar-refractivity contribution < 1.29 is 4.74 Å². The van der Waals surface area contributed by atoms with Crippen LogP contribution in [0.1, 0.15) is 22.4 Å². The molecule has 2 heterocycles. The standard InChI is InChI=1S/C15H23N3OS2/c1-4-18(11-13-6-5-9-20-13)15-17-12(2)14(21-15)10-16-7-8-19-3/h5-6,9,16H,4,7-8,10-11H2,1-3H3. The van der Waals surface area contributed by atoms with Crippen molar-refractivity contribution in [2.24, 2.45) is 0 Å². The lowest BCUT2D eigenvalue weighted by Crippen LogP contribution is -2.21. The molecule has 0 amide bonds. The van der Waals surface area contributed by atoms with Crippen molar-refractivity contribution in [2.45, 2.75) is 26.9 Å². The maximum absolute atomic E-state index is 5.05. The van der Waals surface area contributed by atoms with E-state index in [4.69, 9.17) is 9.72 Å². The molecule has 21 heavy (non-hydrogen) atoms. The van der Waals surface area contributed by atoms with Crippen molar-refractivity contribution in [3.8, 4) is 0 Å². The van der Waals surface area contributed by atoms with Crippen LogP contribution in [-0.4, -0.2) is 31.8 Å². The molecule has 2 aromatic rings. The number of thiophene rings is 1. The molecule has 2 rings (SSSR count). The Morgan fingerprint density at radius 2 is 2.29 bits per heavy atom. The summed E-state index contributed by atoms with van der Waals surface area (Å²) in [6.07, 6.45) is 0. The summed E-state index contributed by atoms with van der Waals surface area (Å²) >= 11 is 3.59. The van der Waals surface area contributed by atoms with Crippen LogP contribution in [0, 0.1) is 6.92 Å². The topological polar surface area (TPSA) is 37.4 Å². The number of thiazole rings is 1. The van der Waals surface area contributed by atoms with Crippen molar-refractivity contribution in [1.29, 1.82) is 0 Å². The molecule has 0 saturated carbocycles. The van der Waals surface area contributed by atoms with Gasteiger partial charge in [0.05, 0.1) is 18.8 Å². The molecule has 0 bridgehead atoms. The molecule has 0 fully saturated rings. The number of aryl methyl sites for hydroxylation is 1. The molecule has 116 valence electrons. The number of methoxy groups -OCH3 is 1. The van der Waals surface area contributed by atoms with Gasteiger partial charge in [-0.3, -0.25) is 0 Å². The van der Waals surface area contributed by atoms with Crippen LogP contribution in [0.3, 0.4) is 0 Å². The van der Waals surface area contributed by atoms with Gasteiger partial charge in [0.15, 0.2) is 5.13 Å². The molecule has 0 saturated heterocycles. The van der Waals surface area contributed by atoms with Crippen LogP contribution in [0.25, 0.3) is 0 Å². The van der Waals surface area contributed by atoms with E-state index in [1.165, 1.54) is 9.75 Å². The molecule has 6 heteroatoms. The molecule has 0 unspecified atom stereocenters. The average molecular weight is 326 g/mol. The average Bonchev–Trinajstić information content (AvgIpc) is 3.11. The summed E-state index contributed by atoms with van der Waals surface area (Å²) in [4.78, 5) is 9.76. The van der Waals surface area contributed by atoms with E-state index in [1.54, 1.807) is 29.8 Å². The lowest BCUT2D eigenvalue weighted by molar-refractivity contribution is 0.199. The van der Waals surface area contributed by atoms with Gasteiger partial charge in [0.1, 0.15) is 0 Å². The van der Waals surface area contributed by atoms with E-state index in [2.05, 4.69) is 41.6 Å². The van der Waals surface area contributed by atoms with Gasteiger partial charge in [0, 0.05) is 36.5 Å². The first-order chi connectivity index (χ1) is 10.2. The number of nitrogens with one attached hydrogen (secondary N) is 1. The summed E-state index contributed by atoms with van der Waals surface area (Å²) in [5, 5.41) is 6.63. The second-order valence-electron chi connectivity index (χ2n) is 4.77. The van der Waals surface area contributed by atoms with E-state index in [9.17, 15) is 0 Å². The van der Waals surface area contributed by atoms with Crippen molar-refractivity contribution >= 4 is 27.8 Å². The van der Waals surface area contributed by atoms with E-state index in [-0.39, 0.29) is 0 Å². The van der Waals surface area contributed by atoms with Crippen LogP contribution >= 0.6 is 22.7 Å². The first-order valence-corrected chi connectivity index (χ1v) is 8.87. The Balaban J connectivity index is 1.98. The largest absolute Gasteiger partial charge is 0.383 e. The summed E-state index contributed by atoms with van der Waals surface area (Å²) in [5.74, 6) is 0. The first-order valence-electron chi connectivity index (χ1n) is 7.17. The molecular formula is C15H23N3OS2. The Labute approximate surface area is 134 Å². The van der Waals surface area contributed by atoms with Gasteiger partial charge < -0.3 is 15.0 Å². The number of rotatable bonds is 9. The van der Waals surface area contributed by atoms with Crippen molar-refractivity contribution in [1.82, 2.24) is 10.3 Å². The molecular weight excluding hydrogens is 302 g/mol. The number of aromatic nitrogens is 1. The van der Waals surface area contributed by atoms with Gasteiger partial charge in [-0.15, -0.1) is 22.7 Å². The van der Waals surface area contributed by atoms with E-state index >= 15 is 0 Å². The molecule has 0 aliphatic heterocycles. The van der Waals surface area contributed by atoms with E-state index in [0.29, 0.717) is 0 Å². The summed E-state index contributed by atoms with van der Waals surface area (Å²) in [6, 6.07) is 4.28. The maximum Gasteiger partial charge on any atom is 0.186 e. The van der Waals surface area contributed by atoms with Gasteiger partial charge in [-0.25, -0.2) is 4.98 Å². The molecule has 1 N–H and O–H groups in total. The number of ether oxygens (including phenoxy) is 1. The third-order valence-corrected chi connectivity index (χ3v) is 5.31. The van der Waals surface area contributed by atoms with Crippen molar-refractivity contribution in [2.75, 3.05) is 31.7 Å². The van der Waals surface area contributed by atoms with E-state index < -0.39 is 0 Å². The normalized spacial score (nSPS) is 11.0. The Bertz CT molecular complexity index is 525. The summed E-state index contributed by atoms with van der Waals surface area (Å²) in [6.45, 7) is 8.66. The van der Waals surface area contributed by atoms with Crippen LogP contribution in [-0.2, 0) is 17.8 Å². The predicted octanol–water partition coefficient (Wildman–Crippen LogP) is 3.28. The van der Waals surface area contributed by atoms with Gasteiger partial charge in [-0.1, -0.05) is 6.07 Å². The predicted molar refractivity (Wildman–Crippen MR) is 91.5 cm³/mol. The summed E-state index contributed by atoms with van der Waals surface area (Å²) < 4.78 is 5.05. The zero-order valence-corrected chi connectivity index (χ0v) is 14.5. The van der Waals surface area contributed by atoms with Crippen LogP contribution < -0.4 is 10.2 Å². The van der Waals surface area contributed by atoms with E-state index in [1.807, 2.05) is 0 Å². The first kappa shape index (κ1) is 16.4. The summed E-state index contributed by atoms with van der Waals surface area (Å²) in [5.41, 5.74) is 1.13. The third kappa shape index (κ3) is 4.78. The SMILES string of the molecule is CCN(Cc1cccs1)c1nc(C)c(CNCCOC)s1. The number of hydrogen-bond donors (Lipinski definition) is 1. The molecule has 0 radical (unpaired) electrons. The minimum Gasteiger partial charge on any atom is -0.383 e. The van der Waals surface area contributed by atoms with Crippen LogP contribution in [0.15, 0.2) is 17.5 Å². The zero-order chi connectivity index (χ0) is 15.1. The molecule has 0 atom stereocenters. The number of anilines is 1. The fourth-order valence-corrected chi connectivity index (χ4v) is 3.81. The Morgan fingerprint density at radius 3 is 2.95 bits per heavy atom. The lowest BCUT2D eigenvalue weighted by atomic mass is 10.4. The smallest absolute Gasteiger partial charge is 0.186 e. The van der Waals surface area contributed by atoms with Gasteiger partial charge >= 0.3 is 0 Å². The number of nitrogens with zero attached hydrogens (tertiary/aromatic N) is 2. The van der Waals surface area contributed by atoms with E-state index in [0.717, 1.165) is 43.6 Å². The van der Waals surface area contributed by atoms with Gasteiger partial charge in [-0.05, 0) is 25.3 Å². The second-order valence-corrected chi connectivity index (χ2v) is 6.86. The van der Waals surface area contributed by atoms with Gasteiger partial charge in [0.2, 0.25) is 0 Å². The Hall–Kier alpha value is -0.950. The van der Waals surface area contributed by atoms with Crippen LogP contribution in [0.4, 0.5) is 5.13 Å². The molecule has 0 aromatic carbocycles. The monoisotopic (exact) mass is 325 g/mol. The Morgan fingerprint density at radius 1 is 1.43 bits per heavy atom. The quantitative estimate of drug-likeness (QED) is 0.718. The molecule has 4 nitrogen and oxygen atoms in total. The zero-order valence-electron chi connectivity index (χ0n) is 12.9. The van der Waals surface area contributed by atoms with Crippen molar-refractivity contribution in [3.05, 3.63) is 33.0 Å². The highest BCUT2D eigenvalue weighted by molar-refractivity contribution is 7.15. The lowest BCUT2D eigenvalue weighted by Gasteiger charge is -2.18. The second kappa shape index (κ2) is 8.48. The van der Waals surface area contributed by atoms with Gasteiger partial charge in [-0.2, -0.15) is 0 Å². The van der Waals surface area contributed by atoms with Crippen LogP contribution in [0.5, 0.6) is 0 Å². The minimum atomic E-state index is 0.740. The number of hydrogen-bond acceptors (Lipinski definition) is 6. The summed E-state index contributed by atoms with van der Waals surface area (Å²) in [7, 11) is 1.72. The highest BCUT2D eigenvalue weighted by atomic mass is 32.1. The fourth-order valence-electron chi connectivity index (χ4n) is 1.99. The molecule has 0 spiro atoms. The van der Waals surface area contributed by atoms with Crippen molar-refractivity contribution in [3.63, 3.8) is 0 Å². The molecule has 2 aromatic heterocycles. The Kier molecular flexibility index (Phi) is 6.63. The van der Waals surface area contributed by atoms with Gasteiger partial charge in [0.25, 0.3) is 0 Å². The fraction of sp³-hybridized carbons (Fsp3) is 0.533. The molecule has 0 aliphatic rings. The molecule has 0 aliphatic carbocycles. The third-order valence-electron chi connectivity index (χ3n) is 3.23.